The lowest BCUT2D eigenvalue weighted by molar-refractivity contribution is -0.132. The molecular formula is C24H27N3O3. The van der Waals surface area contributed by atoms with E-state index in [-0.39, 0.29) is 29.9 Å². The highest BCUT2D eigenvalue weighted by Crippen LogP contribution is 2.37. The number of likely N-dealkylation sites (N-methyl/N-ethyl adjacent to an activating group) is 1. The molecule has 4 rings (SSSR count). The van der Waals surface area contributed by atoms with E-state index in [0.29, 0.717) is 5.90 Å². The van der Waals surface area contributed by atoms with E-state index >= 15 is 0 Å². The molecular weight excluding hydrogens is 378 g/mol. The first-order chi connectivity index (χ1) is 14.4. The van der Waals surface area contributed by atoms with Crippen molar-refractivity contribution in [2.75, 3.05) is 7.05 Å². The van der Waals surface area contributed by atoms with E-state index in [2.05, 4.69) is 4.99 Å². The van der Waals surface area contributed by atoms with Gasteiger partial charge in [-0.05, 0) is 30.5 Å². The molecule has 2 aromatic carbocycles. The summed E-state index contributed by atoms with van der Waals surface area (Å²) >= 11 is 0. The maximum absolute atomic E-state index is 13.7. The Morgan fingerprint density at radius 2 is 1.63 bits per heavy atom. The number of carbonyl (C=O) groups excluding carboxylic acids is 2. The molecule has 6 nitrogen and oxygen atoms in total. The maximum Gasteiger partial charge on any atom is 0.327 e. The fourth-order valence-corrected chi connectivity index (χ4v) is 4.19. The van der Waals surface area contributed by atoms with Crippen LogP contribution in [-0.2, 0) is 9.53 Å². The van der Waals surface area contributed by atoms with Crippen molar-refractivity contribution < 1.29 is 14.3 Å². The highest BCUT2D eigenvalue weighted by molar-refractivity contribution is 6.03. The molecule has 30 heavy (non-hydrogen) atoms. The summed E-state index contributed by atoms with van der Waals surface area (Å²) in [6.07, 6.45) is -0.418. The third-order valence-electron chi connectivity index (χ3n) is 5.98. The van der Waals surface area contributed by atoms with Gasteiger partial charge in [-0.15, -0.1) is 0 Å². The second kappa shape index (κ2) is 7.94. The summed E-state index contributed by atoms with van der Waals surface area (Å²) in [6.45, 7) is 5.97. The minimum absolute atomic E-state index is 0.0620. The summed E-state index contributed by atoms with van der Waals surface area (Å²) in [4.78, 5) is 34.4. The van der Waals surface area contributed by atoms with Crippen molar-refractivity contribution in [3.63, 3.8) is 0 Å². The maximum atomic E-state index is 13.7. The Morgan fingerprint density at radius 1 is 1.03 bits per heavy atom. The van der Waals surface area contributed by atoms with Crippen LogP contribution in [0.5, 0.6) is 0 Å². The lowest BCUT2D eigenvalue weighted by Gasteiger charge is -2.28. The molecule has 2 aliphatic rings. The highest BCUT2D eigenvalue weighted by Gasteiger charge is 2.50. The van der Waals surface area contributed by atoms with E-state index in [9.17, 15) is 9.59 Å². The second-order valence-electron chi connectivity index (χ2n) is 8.27. The minimum atomic E-state index is -0.755. The molecule has 4 atom stereocenters. The van der Waals surface area contributed by atoms with E-state index in [4.69, 9.17) is 4.74 Å². The van der Waals surface area contributed by atoms with Crippen molar-refractivity contribution in [1.82, 2.24) is 9.80 Å². The predicted octanol–water partition coefficient (Wildman–Crippen LogP) is 3.88. The van der Waals surface area contributed by atoms with Crippen molar-refractivity contribution in [3.8, 4) is 0 Å². The number of hydrogen-bond donors (Lipinski definition) is 0. The van der Waals surface area contributed by atoms with Crippen molar-refractivity contribution in [1.29, 1.82) is 0 Å². The Labute approximate surface area is 177 Å². The molecule has 6 heteroatoms. The first kappa shape index (κ1) is 20.1. The third-order valence-corrected chi connectivity index (χ3v) is 5.98. The fraction of sp³-hybridized carbons (Fsp3) is 0.375. The molecule has 0 N–H and O–H groups in total. The quantitative estimate of drug-likeness (QED) is 0.776. The van der Waals surface area contributed by atoms with Gasteiger partial charge in [0, 0.05) is 12.6 Å². The molecule has 0 spiro atoms. The molecule has 0 unspecified atom stereocenters. The van der Waals surface area contributed by atoms with Gasteiger partial charge in [0.05, 0.1) is 12.1 Å². The summed E-state index contributed by atoms with van der Waals surface area (Å²) in [6, 6.07) is 17.7. The highest BCUT2D eigenvalue weighted by atomic mass is 16.5. The summed E-state index contributed by atoms with van der Waals surface area (Å²) in [5.41, 5.74) is 1.76. The number of rotatable bonds is 4. The molecule has 1 fully saturated rings. The van der Waals surface area contributed by atoms with Gasteiger partial charge in [0.2, 0.25) is 5.90 Å². The molecule has 0 bridgehead atoms. The van der Waals surface area contributed by atoms with E-state index in [1.54, 1.807) is 11.9 Å². The van der Waals surface area contributed by atoms with Crippen LogP contribution in [-0.4, -0.2) is 52.9 Å². The molecule has 1 saturated heterocycles. The Morgan fingerprint density at radius 3 is 2.23 bits per heavy atom. The molecule has 0 radical (unpaired) electrons. The number of benzene rings is 2. The number of carbonyl (C=O) groups is 2. The standard InChI is InChI=1S/C24H27N3O3/c1-15(2)21-19(25-22(30-21)18-13-9-6-10-14-18)23(28)27-20(16(3)26(4)24(27)29)17-11-7-5-8-12-17/h5-16,19-21H,1-4H3/t16-,19+,20-,21-/m1/s1. The number of ether oxygens (including phenoxy) is 1. The first-order valence-electron chi connectivity index (χ1n) is 10.3. The number of urea groups is 1. The van der Waals surface area contributed by atoms with Gasteiger partial charge >= 0.3 is 6.03 Å². The van der Waals surface area contributed by atoms with Gasteiger partial charge in [-0.1, -0.05) is 62.4 Å². The van der Waals surface area contributed by atoms with Crippen LogP contribution in [0.3, 0.4) is 0 Å². The molecule has 2 aliphatic heterocycles. The zero-order valence-electron chi connectivity index (χ0n) is 17.7. The monoisotopic (exact) mass is 405 g/mol. The summed E-state index contributed by atoms with van der Waals surface area (Å²) in [7, 11) is 1.74. The van der Waals surface area contributed by atoms with Crippen LogP contribution in [0.2, 0.25) is 0 Å². The summed E-state index contributed by atoms with van der Waals surface area (Å²) in [5, 5.41) is 0. The number of amides is 3. The Hall–Kier alpha value is -3.15. The predicted molar refractivity (Wildman–Crippen MR) is 115 cm³/mol. The van der Waals surface area contributed by atoms with Gasteiger partial charge in [-0.2, -0.15) is 0 Å². The largest absolute Gasteiger partial charge is 0.471 e. The van der Waals surface area contributed by atoms with E-state index in [0.717, 1.165) is 11.1 Å². The van der Waals surface area contributed by atoms with Crippen molar-refractivity contribution in [2.45, 2.75) is 45.0 Å². The zero-order valence-corrected chi connectivity index (χ0v) is 17.7. The number of aliphatic imine (C=N–C) groups is 1. The zero-order chi connectivity index (χ0) is 21.4. The van der Waals surface area contributed by atoms with Crippen LogP contribution in [0.25, 0.3) is 0 Å². The fourth-order valence-electron chi connectivity index (χ4n) is 4.19. The van der Waals surface area contributed by atoms with Crippen LogP contribution >= 0.6 is 0 Å². The van der Waals surface area contributed by atoms with Gasteiger partial charge in [-0.25, -0.2) is 9.79 Å². The van der Waals surface area contributed by atoms with Gasteiger partial charge in [0.15, 0.2) is 6.04 Å². The molecule has 2 heterocycles. The van der Waals surface area contributed by atoms with E-state index in [1.807, 2.05) is 81.4 Å². The Bertz CT molecular complexity index is 958. The second-order valence-corrected chi connectivity index (χ2v) is 8.27. The van der Waals surface area contributed by atoms with Crippen molar-refractivity contribution in [2.24, 2.45) is 10.9 Å². The van der Waals surface area contributed by atoms with Crippen molar-refractivity contribution >= 4 is 17.8 Å². The van der Waals surface area contributed by atoms with Gasteiger partial charge < -0.3 is 9.64 Å². The third kappa shape index (κ3) is 3.36. The van der Waals surface area contributed by atoms with E-state index in [1.165, 1.54) is 4.90 Å². The van der Waals surface area contributed by atoms with Gasteiger partial charge in [0.1, 0.15) is 6.10 Å². The summed E-state index contributed by atoms with van der Waals surface area (Å²) in [5.74, 6) is 0.207. The van der Waals surface area contributed by atoms with Crippen molar-refractivity contribution in [3.05, 3.63) is 71.8 Å². The lowest BCUT2D eigenvalue weighted by Crippen LogP contribution is -2.46. The SMILES string of the molecule is CC(C)[C@H]1OC(c2ccccc2)=N[C@@H]1C(=O)N1C(=O)N(C)[C@H](C)[C@@H]1c1ccccc1. The molecule has 3 amide bonds. The Kier molecular flexibility index (Phi) is 5.33. The number of hydrogen-bond acceptors (Lipinski definition) is 4. The average molecular weight is 405 g/mol. The van der Waals surface area contributed by atoms with E-state index < -0.39 is 12.1 Å². The molecule has 2 aromatic rings. The first-order valence-corrected chi connectivity index (χ1v) is 10.3. The van der Waals surface area contributed by atoms with Crippen LogP contribution in [0.15, 0.2) is 65.7 Å². The average Bonchev–Trinajstić information content (AvgIpc) is 3.31. The topological polar surface area (TPSA) is 62.2 Å². The smallest absolute Gasteiger partial charge is 0.327 e. The van der Waals surface area contributed by atoms with Crippen LogP contribution in [0.4, 0.5) is 4.79 Å². The molecule has 0 aliphatic carbocycles. The number of imide groups is 1. The Balaban J connectivity index is 1.71. The van der Waals surface area contributed by atoms with Gasteiger partial charge in [-0.3, -0.25) is 9.69 Å². The number of nitrogens with zero attached hydrogens (tertiary/aromatic N) is 3. The minimum Gasteiger partial charge on any atom is -0.471 e. The molecule has 0 saturated carbocycles. The van der Waals surface area contributed by atoms with Gasteiger partial charge in [0.25, 0.3) is 5.91 Å². The van der Waals surface area contributed by atoms with Crippen LogP contribution in [0, 0.1) is 5.92 Å². The lowest BCUT2D eigenvalue weighted by atomic mass is 9.96. The molecule has 156 valence electrons. The molecule has 0 aromatic heterocycles. The van der Waals surface area contributed by atoms with Crippen LogP contribution < -0.4 is 0 Å². The normalized spacial score (nSPS) is 26.2. The van der Waals surface area contributed by atoms with Crippen LogP contribution in [0.1, 0.15) is 37.9 Å². The summed E-state index contributed by atoms with van der Waals surface area (Å²) < 4.78 is 6.11.